The Bertz CT molecular complexity index is 566. The standard InChI is InChI=1S/C18H21N/c1-13-9-14(2)11-15(10-13)12-19-18-8-7-16-5-3-4-6-17(16)18/h3-6,9-11,18-19H,7-8,12H2,1-2H3. The molecule has 0 aromatic heterocycles. The molecule has 3 rings (SSSR count). The molecule has 1 aliphatic carbocycles. The fourth-order valence-corrected chi connectivity index (χ4v) is 3.18. The number of aryl methyl sites for hydroxylation is 3. The van der Waals surface area contributed by atoms with Gasteiger partial charge >= 0.3 is 0 Å². The summed E-state index contributed by atoms with van der Waals surface area (Å²) in [4.78, 5) is 0. The Labute approximate surface area is 115 Å². The largest absolute Gasteiger partial charge is 0.306 e. The average Bonchev–Trinajstić information content (AvgIpc) is 2.78. The second-order valence-electron chi connectivity index (χ2n) is 5.67. The third-order valence-electron chi connectivity index (χ3n) is 3.97. The first-order valence-electron chi connectivity index (χ1n) is 7.11. The summed E-state index contributed by atoms with van der Waals surface area (Å²) in [6.45, 7) is 5.30. The van der Waals surface area contributed by atoms with Crippen molar-refractivity contribution >= 4 is 0 Å². The van der Waals surface area contributed by atoms with Gasteiger partial charge in [-0.25, -0.2) is 0 Å². The van der Waals surface area contributed by atoms with Gasteiger partial charge in [0.15, 0.2) is 0 Å². The molecule has 0 bridgehead atoms. The van der Waals surface area contributed by atoms with Crippen LogP contribution < -0.4 is 5.32 Å². The van der Waals surface area contributed by atoms with E-state index < -0.39 is 0 Å². The van der Waals surface area contributed by atoms with Crippen molar-refractivity contribution in [2.24, 2.45) is 0 Å². The van der Waals surface area contributed by atoms with Gasteiger partial charge in [0.25, 0.3) is 0 Å². The molecule has 1 unspecified atom stereocenters. The Morgan fingerprint density at radius 2 is 1.79 bits per heavy atom. The van der Waals surface area contributed by atoms with Gasteiger partial charge in [0, 0.05) is 12.6 Å². The van der Waals surface area contributed by atoms with Crippen LogP contribution in [-0.2, 0) is 13.0 Å². The normalized spacial score (nSPS) is 17.5. The van der Waals surface area contributed by atoms with Crippen LogP contribution in [0, 0.1) is 13.8 Å². The maximum Gasteiger partial charge on any atom is 0.0329 e. The highest BCUT2D eigenvalue weighted by molar-refractivity contribution is 5.34. The van der Waals surface area contributed by atoms with Gasteiger partial charge in [-0.1, -0.05) is 53.6 Å². The summed E-state index contributed by atoms with van der Waals surface area (Å²) in [6.07, 6.45) is 2.44. The smallest absolute Gasteiger partial charge is 0.0329 e. The highest BCUT2D eigenvalue weighted by Crippen LogP contribution is 2.30. The van der Waals surface area contributed by atoms with Crippen LogP contribution in [0.25, 0.3) is 0 Å². The van der Waals surface area contributed by atoms with E-state index in [0.717, 1.165) is 6.54 Å². The number of fused-ring (bicyclic) bond motifs is 1. The zero-order chi connectivity index (χ0) is 13.2. The van der Waals surface area contributed by atoms with Crippen molar-refractivity contribution in [3.05, 3.63) is 70.3 Å². The van der Waals surface area contributed by atoms with Gasteiger partial charge in [0.1, 0.15) is 0 Å². The van der Waals surface area contributed by atoms with Gasteiger partial charge in [0.2, 0.25) is 0 Å². The molecule has 0 fully saturated rings. The molecule has 0 heterocycles. The van der Waals surface area contributed by atoms with Gasteiger partial charge in [-0.15, -0.1) is 0 Å². The topological polar surface area (TPSA) is 12.0 Å². The summed E-state index contributed by atoms with van der Waals surface area (Å²) in [5.74, 6) is 0. The van der Waals surface area contributed by atoms with Crippen LogP contribution >= 0.6 is 0 Å². The van der Waals surface area contributed by atoms with Crippen LogP contribution in [0.5, 0.6) is 0 Å². The summed E-state index contributed by atoms with van der Waals surface area (Å²) >= 11 is 0. The second kappa shape index (κ2) is 5.18. The summed E-state index contributed by atoms with van der Waals surface area (Å²) in [5.41, 5.74) is 7.10. The first kappa shape index (κ1) is 12.4. The van der Waals surface area contributed by atoms with Crippen LogP contribution in [-0.4, -0.2) is 0 Å². The van der Waals surface area contributed by atoms with Crippen LogP contribution in [0.4, 0.5) is 0 Å². The summed E-state index contributed by atoms with van der Waals surface area (Å²) in [6, 6.07) is 16.1. The Balaban J connectivity index is 1.70. The zero-order valence-corrected chi connectivity index (χ0v) is 11.7. The highest BCUT2D eigenvalue weighted by atomic mass is 14.9. The number of benzene rings is 2. The lowest BCUT2D eigenvalue weighted by Crippen LogP contribution is -2.18. The van der Waals surface area contributed by atoms with E-state index in [0.29, 0.717) is 6.04 Å². The molecule has 2 aromatic carbocycles. The molecular formula is C18H21N. The molecule has 0 aliphatic heterocycles. The fraction of sp³-hybridized carbons (Fsp3) is 0.333. The van der Waals surface area contributed by atoms with Gasteiger partial charge in [-0.05, 0) is 43.4 Å². The third kappa shape index (κ3) is 2.71. The van der Waals surface area contributed by atoms with Gasteiger partial charge in [-0.3, -0.25) is 0 Å². The Kier molecular flexibility index (Phi) is 3.39. The van der Waals surface area contributed by atoms with Gasteiger partial charge < -0.3 is 5.32 Å². The number of hydrogen-bond donors (Lipinski definition) is 1. The lowest BCUT2D eigenvalue weighted by atomic mass is 10.1. The van der Waals surface area contributed by atoms with E-state index in [9.17, 15) is 0 Å². The van der Waals surface area contributed by atoms with Crippen LogP contribution in [0.15, 0.2) is 42.5 Å². The maximum atomic E-state index is 3.71. The van der Waals surface area contributed by atoms with E-state index in [1.54, 1.807) is 0 Å². The minimum Gasteiger partial charge on any atom is -0.306 e. The Hall–Kier alpha value is -1.60. The van der Waals surface area contributed by atoms with Crippen molar-refractivity contribution in [1.29, 1.82) is 0 Å². The number of nitrogens with one attached hydrogen (secondary N) is 1. The number of hydrogen-bond acceptors (Lipinski definition) is 1. The van der Waals surface area contributed by atoms with Crippen molar-refractivity contribution in [2.75, 3.05) is 0 Å². The lowest BCUT2D eigenvalue weighted by molar-refractivity contribution is 0.530. The molecule has 0 amide bonds. The van der Waals surface area contributed by atoms with E-state index in [2.05, 4.69) is 61.6 Å². The molecule has 98 valence electrons. The van der Waals surface area contributed by atoms with Crippen molar-refractivity contribution in [1.82, 2.24) is 5.32 Å². The minimum absolute atomic E-state index is 0.525. The first-order chi connectivity index (χ1) is 9.22. The van der Waals surface area contributed by atoms with Gasteiger partial charge in [0.05, 0.1) is 0 Å². The predicted molar refractivity (Wildman–Crippen MR) is 80.3 cm³/mol. The summed E-state index contributed by atoms with van der Waals surface area (Å²) in [5, 5.41) is 3.71. The van der Waals surface area contributed by atoms with E-state index in [1.807, 2.05) is 0 Å². The maximum absolute atomic E-state index is 3.71. The monoisotopic (exact) mass is 251 g/mol. The molecular weight excluding hydrogens is 230 g/mol. The first-order valence-corrected chi connectivity index (χ1v) is 7.11. The second-order valence-corrected chi connectivity index (χ2v) is 5.67. The van der Waals surface area contributed by atoms with Crippen molar-refractivity contribution in [2.45, 2.75) is 39.3 Å². The Morgan fingerprint density at radius 1 is 1.05 bits per heavy atom. The molecule has 0 spiro atoms. The number of rotatable bonds is 3. The molecule has 2 aromatic rings. The van der Waals surface area contributed by atoms with Gasteiger partial charge in [-0.2, -0.15) is 0 Å². The lowest BCUT2D eigenvalue weighted by Gasteiger charge is -2.14. The summed E-state index contributed by atoms with van der Waals surface area (Å²) in [7, 11) is 0. The molecule has 0 saturated carbocycles. The zero-order valence-electron chi connectivity index (χ0n) is 11.7. The van der Waals surface area contributed by atoms with E-state index in [4.69, 9.17) is 0 Å². The van der Waals surface area contributed by atoms with Crippen LogP contribution in [0.3, 0.4) is 0 Å². The molecule has 1 atom stereocenters. The molecule has 1 aliphatic rings. The molecule has 1 heteroatoms. The SMILES string of the molecule is Cc1cc(C)cc(CNC2CCc3ccccc32)c1. The molecule has 1 N–H and O–H groups in total. The third-order valence-corrected chi connectivity index (χ3v) is 3.97. The summed E-state index contributed by atoms with van der Waals surface area (Å²) < 4.78 is 0. The minimum atomic E-state index is 0.525. The Morgan fingerprint density at radius 3 is 2.58 bits per heavy atom. The van der Waals surface area contributed by atoms with Crippen molar-refractivity contribution < 1.29 is 0 Å². The van der Waals surface area contributed by atoms with E-state index in [-0.39, 0.29) is 0 Å². The highest BCUT2D eigenvalue weighted by Gasteiger charge is 2.20. The quantitative estimate of drug-likeness (QED) is 0.866. The predicted octanol–water partition coefficient (Wildman–Crippen LogP) is 4.08. The molecule has 1 nitrogen and oxygen atoms in total. The molecule has 0 saturated heterocycles. The van der Waals surface area contributed by atoms with E-state index in [1.165, 1.54) is 40.7 Å². The average molecular weight is 251 g/mol. The molecule has 0 radical (unpaired) electrons. The fourth-order valence-electron chi connectivity index (χ4n) is 3.18. The van der Waals surface area contributed by atoms with Crippen LogP contribution in [0.1, 0.15) is 40.3 Å². The van der Waals surface area contributed by atoms with Crippen LogP contribution in [0.2, 0.25) is 0 Å². The molecule has 19 heavy (non-hydrogen) atoms. The van der Waals surface area contributed by atoms with E-state index >= 15 is 0 Å². The van der Waals surface area contributed by atoms with Crippen molar-refractivity contribution in [3.63, 3.8) is 0 Å². The van der Waals surface area contributed by atoms with Crippen molar-refractivity contribution in [3.8, 4) is 0 Å².